The number of alkyl halides is 4. The molecule has 1 aliphatic rings. The van der Waals surface area contributed by atoms with E-state index in [2.05, 4.69) is 10.3 Å². The maximum Gasteiger partial charge on any atom is 0.488 e. The highest BCUT2D eigenvalue weighted by Gasteiger charge is 2.41. The minimum atomic E-state index is -4.39. The van der Waals surface area contributed by atoms with Gasteiger partial charge in [0.05, 0.1) is 31.2 Å². The quantitative estimate of drug-likeness (QED) is 0.281. The second kappa shape index (κ2) is 11.3. The fourth-order valence-corrected chi connectivity index (χ4v) is 4.08. The molecule has 2 atom stereocenters. The van der Waals surface area contributed by atoms with E-state index in [1.54, 1.807) is 31.2 Å². The Morgan fingerprint density at radius 2 is 2.00 bits per heavy atom. The fourth-order valence-electron chi connectivity index (χ4n) is 4.08. The SMILES string of the molecule is C[C@@H]1Cc2cc(B(O)O)ccc2C(c2ccc(OCCNCCCF)cn2)N1CC(F)(F)F. The van der Waals surface area contributed by atoms with Crippen molar-refractivity contribution in [3.63, 3.8) is 0 Å². The predicted molar refractivity (Wildman–Crippen MR) is 117 cm³/mol. The van der Waals surface area contributed by atoms with E-state index in [9.17, 15) is 27.6 Å². The van der Waals surface area contributed by atoms with Gasteiger partial charge in [-0.1, -0.05) is 18.2 Å². The van der Waals surface area contributed by atoms with Crippen LogP contribution in [0.3, 0.4) is 0 Å². The molecule has 0 fully saturated rings. The summed E-state index contributed by atoms with van der Waals surface area (Å²) in [6.45, 7) is 1.69. The molecular formula is C22H28BF4N3O3. The smallest absolute Gasteiger partial charge is 0.488 e. The number of rotatable bonds is 10. The molecule has 1 unspecified atom stereocenters. The lowest BCUT2D eigenvalue weighted by Gasteiger charge is -2.42. The van der Waals surface area contributed by atoms with Crippen molar-refractivity contribution in [2.24, 2.45) is 0 Å². The van der Waals surface area contributed by atoms with E-state index >= 15 is 0 Å². The lowest BCUT2D eigenvalue weighted by atomic mass is 9.76. The summed E-state index contributed by atoms with van der Waals surface area (Å²) in [5.41, 5.74) is 2.15. The normalized spacial score (nSPS) is 18.8. The Labute approximate surface area is 190 Å². The standard InChI is InChI=1S/C22H28BF4N3O3/c1-15-11-16-12-17(23(31)32)3-5-19(16)21(30(15)14-22(25,26)27)20-6-4-18(13-29-20)33-10-9-28-8-2-7-24/h3-6,12-13,15,21,28,31-32H,2,7-11,14H2,1H3/t15-,21?/m1/s1. The third-order valence-corrected chi connectivity index (χ3v) is 5.61. The summed E-state index contributed by atoms with van der Waals surface area (Å²) in [6, 6.07) is 6.90. The van der Waals surface area contributed by atoms with Crippen LogP contribution in [0.4, 0.5) is 17.6 Å². The first kappa shape index (κ1) is 25.4. The van der Waals surface area contributed by atoms with E-state index in [0.29, 0.717) is 55.0 Å². The zero-order valence-corrected chi connectivity index (χ0v) is 18.4. The predicted octanol–water partition coefficient (Wildman–Crippen LogP) is 1.99. The Balaban J connectivity index is 1.82. The molecule has 0 aliphatic carbocycles. The Morgan fingerprint density at radius 3 is 2.64 bits per heavy atom. The number of nitrogens with one attached hydrogen (secondary N) is 1. The first-order valence-electron chi connectivity index (χ1n) is 10.9. The van der Waals surface area contributed by atoms with Crippen molar-refractivity contribution in [1.82, 2.24) is 15.2 Å². The van der Waals surface area contributed by atoms with E-state index in [0.717, 1.165) is 5.56 Å². The summed E-state index contributed by atoms with van der Waals surface area (Å²) in [7, 11) is -1.65. The maximum absolute atomic E-state index is 13.4. The first-order chi connectivity index (χ1) is 15.7. The van der Waals surface area contributed by atoms with Gasteiger partial charge in [0, 0.05) is 12.6 Å². The lowest BCUT2D eigenvalue weighted by molar-refractivity contribution is -0.155. The third kappa shape index (κ3) is 6.89. The van der Waals surface area contributed by atoms with Crippen LogP contribution in [0.25, 0.3) is 0 Å². The highest BCUT2D eigenvalue weighted by Crippen LogP contribution is 2.38. The van der Waals surface area contributed by atoms with Crippen LogP contribution in [0, 0.1) is 0 Å². The van der Waals surface area contributed by atoms with Crippen molar-refractivity contribution >= 4 is 12.6 Å². The van der Waals surface area contributed by atoms with Gasteiger partial charge in [0.2, 0.25) is 0 Å². The molecule has 0 saturated heterocycles. The van der Waals surface area contributed by atoms with Crippen molar-refractivity contribution < 1.29 is 32.3 Å². The van der Waals surface area contributed by atoms with Crippen molar-refractivity contribution in [3.8, 4) is 5.75 Å². The van der Waals surface area contributed by atoms with Gasteiger partial charge in [-0.05, 0) is 55.0 Å². The Morgan fingerprint density at radius 1 is 1.21 bits per heavy atom. The highest BCUT2D eigenvalue weighted by molar-refractivity contribution is 6.58. The van der Waals surface area contributed by atoms with E-state index in [1.807, 2.05) is 0 Å². The Bertz CT molecular complexity index is 899. The number of benzene rings is 1. The number of ether oxygens (including phenoxy) is 1. The number of hydrogen-bond donors (Lipinski definition) is 3. The molecule has 1 aromatic carbocycles. The average Bonchev–Trinajstić information content (AvgIpc) is 2.76. The van der Waals surface area contributed by atoms with E-state index in [1.165, 1.54) is 17.2 Å². The molecule has 2 heterocycles. The van der Waals surface area contributed by atoms with Gasteiger partial charge in [-0.25, -0.2) is 0 Å². The minimum Gasteiger partial charge on any atom is -0.491 e. The Hall–Kier alpha value is -2.21. The molecule has 11 heteroatoms. The van der Waals surface area contributed by atoms with Crippen LogP contribution in [0.1, 0.15) is 36.2 Å². The third-order valence-electron chi connectivity index (χ3n) is 5.61. The molecule has 180 valence electrons. The van der Waals surface area contributed by atoms with Crippen molar-refractivity contribution in [1.29, 1.82) is 0 Å². The molecule has 1 aliphatic heterocycles. The van der Waals surface area contributed by atoms with Gasteiger partial charge in [-0.3, -0.25) is 14.3 Å². The molecule has 0 radical (unpaired) electrons. The minimum absolute atomic E-state index is 0.292. The molecule has 3 N–H and O–H groups in total. The molecule has 0 bridgehead atoms. The summed E-state index contributed by atoms with van der Waals surface area (Å²) in [4.78, 5) is 5.77. The molecule has 0 amide bonds. The summed E-state index contributed by atoms with van der Waals surface area (Å²) >= 11 is 0. The maximum atomic E-state index is 13.4. The summed E-state index contributed by atoms with van der Waals surface area (Å²) < 4.78 is 57.8. The highest BCUT2D eigenvalue weighted by atomic mass is 19.4. The summed E-state index contributed by atoms with van der Waals surface area (Å²) in [5, 5.41) is 22.0. The van der Waals surface area contributed by atoms with Gasteiger partial charge in [0.1, 0.15) is 12.4 Å². The monoisotopic (exact) mass is 469 g/mol. The Kier molecular flexibility index (Phi) is 8.69. The zero-order chi connectivity index (χ0) is 24.0. The lowest BCUT2D eigenvalue weighted by Crippen LogP contribution is -2.47. The molecule has 2 aromatic rings. The van der Waals surface area contributed by atoms with Crippen LogP contribution in [0.5, 0.6) is 5.75 Å². The summed E-state index contributed by atoms with van der Waals surface area (Å²) in [6.07, 6.45) is -2.12. The topological polar surface area (TPSA) is 77.8 Å². The molecule has 6 nitrogen and oxygen atoms in total. The number of aromatic nitrogens is 1. The largest absolute Gasteiger partial charge is 0.491 e. The van der Waals surface area contributed by atoms with Gasteiger partial charge >= 0.3 is 13.3 Å². The van der Waals surface area contributed by atoms with Crippen molar-refractivity contribution in [3.05, 3.63) is 53.3 Å². The van der Waals surface area contributed by atoms with Crippen LogP contribution >= 0.6 is 0 Å². The van der Waals surface area contributed by atoms with Crippen molar-refractivity contribution in [2.75, 3.05) is 32.9 Å². The number of nitrogens with zero attached hydrogens (tertiary/aromatic N) is 2. The molecule has 3 rings (SSSR count). The number of halogens is 4. The molecular weight excluding hydrogens is 441 g/mol. The van der Waals surface area contributed by atoms with E-state index < -0.39 is 31.9 Å². The average molecular weight is 469 g/mol. The molecule has 33 heavy (non-hydrogen) atoms. The zero-order valence-electron chi connectivity index (χ0n) is 18.4. The molecule has 1 aromatic heterocycles. The second-order valence-corrected chi connectivity index (χ2v) is 8.13. The number of fused-ring (bicyclic) bond motifs is 1. The van der Waals surface area contributed by atoms with Gasteiger partial charge < -0.3 is 20.1 Å². The van der Waals surface area contributed by atoms with E-state index in [4.69, 9.17) is 4.74 Å². The van der Waals surface area contributed by atoms with E-state index in [-0.39, 0.29) is 6.67 Å². The number of pyridine rings is 1. The van der Waals surface area contributed by atoms with Gasteiger partial charge in [-0.2, -0.15) is 13.2 Å². The molecule has 0 saturated carbocycles. The number of hydrogen-bond acceptors (Lipinski definition) is 6. The van der Waals surface area contributed by atoms with Crippen molar-refractivity contribution in [2.45, 2.75) is 38.0 Å². The van der Waals surface area contributed by atoms with Crippen LogP contribution < -0.4 is 15.5 Å². The van der Waals surface area contributed by atoms with Crippen LogP contribution in [-0.4, -0.2) is 72.2 Å². The molecule has 0 spiro atoms. The van der Waals surface area contributed by atoms with Gasteiger partial charge in [0.15, 0.2) is 0 Å². The van der Waals surface area contributed by atoms with Crippen LogP contribution in [0.2, 0.25) is 0 Å². The van der Waals surface area contributed by atoms with Crippen LogP contribution in [-0.2, 0) is 6.42 Å². The van der Waals surface area contributed by atoms with Gasteiger partial charge in [0.25, 0.3) is 0 Å². The summed E-state index contributed by atoms with van der Waals surface area (Å²) in [5.74, 6) is 0.483. The van der Waals surface area contributed by atoms with Gasteiger partial charge in [-0.15, -0.1) is 0 Å². The van der Waals surface area contributed by atoms with Crippen LogP contribution in [0.15, 0.2) is 36.5 Å². The fraction of sp³-hybridized carbons (Fsp3) is 0.500. The second-order valence-electron chi connectivity index (χ2n) is 8.13. The first-order valence-corrected chi connectivity index (χ1v) is 10.9.